The molecule has 1 heterocycles. The Hall–Kier alpha value is -2.44. The highest BCUT2D eigenvalue weighted by Crippen LogP contribution is 2.33. The lowest BCUT2D eigenvalue weighted by atomic mass is 10.1. The molecule has 118 valence electrons. The van der Waals surface area contributed by atoms with Gasteiger partial charge in [0, 0.05) is 5.56 Å². The van der Waals surface area contributed by atoms with Gasteiger partial charge in [0.2, 0.25) is 0 Å². The van der Waals surface area contributed by atoms with E-state index in [1.807, 2.05) is 13.8 Å². The first-order valence-electron chi connectivity index (χ1n) is 6.77. The number of nitrogens with zero attached hydrogens (tertiary/aromatic N) is 2. The van der Waals surface area contributed by atoms with Gasteiger partial charge in [-0.05, 0) is 36.2 Å². The molecule has 1 aromatic heterocycles. The van der Waals surface area contributed by atoms with Gasteiger partial charge in [0.05, 0.1) is 12.3 Å². The van der Waals surface area contributed by atoms with E-state index in [1.54, 1.807) is 24.3 Å². The highest BCUT2D eigenvalue weighted by atomic mass is 19.3. The van der Waals surface area contributed by atoms with E-state index >= 15 is 0 Å². The zero-order valence-electron chi connectivity index (χ0n) is 12.3. The number of halogens is 2. The molecule has 0 fully saturated rings. The van der Waals surface area contributed by atoms with Crippen LogP contribution in [-0.2, 0) is 0 Å². The third kappa shape index (κ3) is 4.28. The first-order valence-corrected chi connectivity index (χ1v) is 6.77. The van der Waals surface area contributed by atoms with Crippen molar-refractivity contribution in [2.75, 3.05) is 12.3 Å². The Morgan fingerprint density at radius 2 is 1.86 bits per heavy atom. The molecule has 2 aromatic rings. The predicted molar refractivity (Wildman–Crippen MR) is 78.8 cm³/mol. The summed E-state index contributed by atoms with van der Waals surface area (Å²) in [4.78, 5) is 0. The lowest BCUT2D eigenvalue weighted by Gasteiger charge is -2.14. The molecule has 0 atom stereocenters. The van der Waals surface area contributed by atoms with Crippen molar-refractivity contribution in [3.8, 4) is 22.8 Å². The standard InChI is InChI=1S/C15H17F2N3O2/c1-9(2)8-21-13-7-10(3-5-12(13)22-15(16)17)11-4-6-14(18)20-19-11/h3-7,9,15H,8H2,1-2H3,(H2,18,20). The topological polar surface area (TPSA) is 70.3 Å². The molecule has 1 aromatic carbocycles. The summed E-state index contributed by atoms with van der Waals surface area (Å²) in [7, 11) is 0. The van der Waals surface area contributed by atoms with E-state index in [-0.39, 0.29) is 17.4 Å². The minimum Gasteiger partial charge on any atom is -0.489 e. The summed E-state index contributed by atoms with van der Waals surface area (Å²) < 4.78 is 34.9. The van der Waals surface area contributed by atoms with Gasteiger partial charge in [-0.25, -0.2) is 0 Å². The van der Waals surface area contributed by atoms with Crippen LogP contribution in [0.15, 0.2) is 30.3 Å². The average molecular weight is 309 g/mol. The predicted octanol–water partition coefficient (Wildman–Crippen LogP) is 3.36. The van der Waals surface area contributed by atoms with Crippen molar-refractivity contribution < 1.29 is 18.3 Å². The summed E-state index contributed by atoms with van der Waals surface area (Å²) >= 11 is 0. The number of rotatable bonds is 6. The number of anilines is 1. The fourth-order valence-corrected chi connectivity index (χ4v) is 1.73. The van der Waals surface area contributed by atoms with Crippen LogP contribution in [0.4, 0.5) is 14.6 Å². The monoisotopic (exact) mass is 309 g/mol. The second kappa shape index (κ2) is 7.02. The highest BCUT2D eigenvalue weighted by Gasteiger charge is 2.13. The van der Waals surface area contributed by atoms with E-state index in [9.17, 15) is 8.78 Å². The summed E-state index contributed by atoms with van der Waals surface area (Å²) in [6, 6.07) is 7.94. The molecular formula is C15H17F2N3O2. The molecule has 5 nitrogen and oxygen atoms in total. The minimum absolute atomic E-state index is 0.0113. The van der Waals surface area contributed by atoms with E-state index in [4.69, 9.17) is 10.5 Å². The fourth-order valence-electron chi connectivity index (χ4n) is 1.73. The third-order valence-corrected chi connectivity index (χ3v) is 2.71. The Balaban J connectivity index is 2.32. The number of alkyl halides is 2. The van der Waals surface area contributed by atoms with Crippen molar-refractivity contribution in [3.63, 3.8) is 0 Å². The van der Waals surface area contributed by atoms with Crippen molar-refractivity contribution in [2.24, 2.45) is 5.92 Å². The molecule has 22 heavy (non-hydrogen) atoms. The Kier molecular flexibility index (Phi) is 5.08. The van der Waals surface area contributed by atoms with Crippen LogP contribution in [-0.4, -0.2) is 23.4 Å². The maximum Gasteiger partial charge on any atom is 0.387 e. The molecule has 0 aliphatic heterocycles. The van der Waals surface area contributed by atoms with Gasteiger partial charge in [-0.2, -0.15) is 8.78 Å². The molecule has 0 radical (unpaired) electrons. The van der Waals surface area contributed by atoms with Gasteiger partial charge in [0.15, 0.2) is 11.5 Å². The number of nitrogen functional groups attached to an aromatic ring is 1. The fraction of sp³-hybridized carbons (Fsp3) is 0.333. The van der Waals surface area contributed by atoms with Crippen LogP contribution >= 0.6 is 0 Å². The lowest BCUT2D eigenvalue weighted by molar-refractivity contribution is -0.0515. The molecule has 0 aliphatic carbocycles. The van der Waals surface area contributed by atoms with Crippen molar-refractivity contribution in [3.05, 3.63) is 30.3 Å². The third-order valence-electron chi connectivity index (χ3n) is 2.71. The Labute approximate surface area is 127 Å². The maximum atomic E-state index is 12.5. The summed E-state index contributed by atoms with van der Waals surface area (Å²) in [5.41, 5.74) is 6.73. The van der Waals surface area contributed by atoms with Gasteiger partial charge in [-0.15, -0.1) is 10.2 Å². The van der Waals surface area contributed by atoms with Crippen molar-refractivity contribution >= 4 is 5.82 Å². The average Bonchev–Trinajstić information content (AvgIpc) is 2.46. The summed E-state index contributed by atoms with van der Waals surface area (Å²) in [6.07, 6.45) is 0. The van der Waals surface area contributed by atoms with Crippen molar-refractivity contribution in [2.45, 2.75) is 20.5 Å². The van der Waals surface area contributed by atoms with Crippen LogP contribution in [0, 0.1) is 5.92 Å². The van der Waals surface area contributed by atoms with Crippen LogP contribution in [0.1, 0.15) is 13.8 Å². The zero-order chi connectivity index (χ0) is 16.1. The minimum atomic E-state index is -2.91. The van der Waals surface area contributed by atoms with E-state index < -0.39 is 6.61 Å². The van der Waals surface area contributed by atoms with Gasteiger partial charge in [-0.1, -0.05) is 13.8 Å². The normalized spacial score (nSPS) is 11.0. The second-order valence-corrected chi connectivity index (χ2v) is 5.09. The number of hydrogen-bond acceptors (Lipinski definition) is 5. The molecule has 0 saturated heterocycles. The molecule has 0 saturated carbocycles. The summed E-state index contributed by atoms with van der Waals surface area (Å²) in [6.45, 7) is 1.39. The van der Waals surface area contributed by atoms with Crippen molar-refractivity contribution in [1.82, 2.24) is 10.2 Å². The van der Waals surface area contributed by atoms with E-state index in [1.165, 1.54) is 6.07 Å². The van der Waals surface area contributed by atoms with Gasteiger partial charge in [0.25, 0.3) is 0 Å². The van der Waals surface area contributed by atoms with E-state index in [2.05, 4.69) is 14.9 Å². The van der Waals surface area contributed by atoms with Crippen LogP contribution in [0.3, 0.4) is 0 Å². The highest BCUT2D eigenvalue weighted by molar-refractivity contribution is 5.64. The maximum absolute atomic E-state index is 12.5. The lowest BCUT2D eigenvalue weighted by Crippen LogP contribution is -2.08. The Morgan fingerprint density at radius 1 is 1.09 bits per heavy atom. The van der Waals surface area contributed by atoms with Gasteiger partial charge >= 0.3 is 6.61 Å². The molecule has 2 N–H and O–H groups in total. The smallest absolute Gasteiger partial charge is 0.387 e. The first-order chi connectivity index (χ1) is 10.5. The number of nitrogens with two attached hydrogens (primary N) is 1. The van der Waals surface area contributed by atoms with Crippen LogP contribution in [0.5, 0.6) is 11.5 Å². The molecule has 0 spiro atoms. The number of ether oxygens (including phenoxy) is 2. The molecule has 0 amide bonds. The molecule has 0 bridgehead atoms. The number of hydrogen-bond donors (Lipinski definition) is 1. The van der Waals surface area contributed by atoms with Crippen LogP contribution in [0.2, 0.25) is 0 Å². The quantitative estimate of drug-likeness (QED) is 0.886. The second-order valence-electron chi connectivity index (χ2n) is 5.09. The Morgan fingerprint density at radius 3 is 2.45 bits per heavy atom. The molecular weight excluding hydrogens is 292 g/mol. The van der Waals surface area contributed by atoms with Gasteiger partial charge in [-0.3, -0.25) is 0 Å². The van der Waals surface area contributed by atoms with E-state index in [0.717, 1.165) is 0 Å². The van der Waals surface area contributed by atoms with Crippen molar-refractivity contribution in [1.29, 1.82) is 0 Å². The molecule has 2 rings (SSSR count). The summed E-state index contributed by atoms with van der Waals surface area (Å²) in [5.74, 6) is 0.782. The van der Waals surface area contributed by atoms with Gasteiger partial charge in [0.1, 0.15) is 5.82 Å². The van der Waals surface area contributed by atoms with Crippen LogP contribution < -0.4 is 15.2 Å². The molecule has 0 unspecified atom stereocenters. The Bertz CT molecular complexity index is 619. The number of aromatic nitrogens is 2. The largest absolute Gasteiger partial charge is 0.489 e. The van der Waals surface area contributed by atoms with Gasteiger partial charge < -0.3 is 15.2 Å². The molecule has 0 aliphatic rings. The molecule has 7 heteroatoms. The zero-order valence-corrected chi connectivity index (χ0v) is 12.3. The summed E-state index contributed by atoms with van der Waals surface area (Å²) in [5, 5.41) is 7.72. The van der Waals surface area contributed by atoms with Crippen LogP contribution in [0.25, 0.3) is 11.3 Å². The first kappa shape index (κ1) is 15.9. The number of benzene rings is 1. The van der Waals surface area contributed by atoms with E-state index in [0.29, 0.717) is 23.7 Å². The SMILES string of the molecule is CC(C)COc1cc(-c2ccc(N)nn2)ccc1OC(F)F.